The number of nitrogens with one attached hydrogen (secondary N) is 2. The molecular formula is C29H33N5O5S. The van der Waals surface area contributed by atoms with Crippen molar-refractivity contribution < 1.29 is 23.9 Å². The predicted octanol–water partition coefficient (Wildman–Crippen LogP) is 4.26. The molecular weight excluding hydrogens is 530 g/mol. The van der Waals surface area contributed by atoms with Crippen LogP contribution < -0.4 is 20.1 Å². The van der Waals surface area contributed by atoms with E-state index < -0.39 is 6.04 Å². The van der Waals surface area contributed by atoms with E-state index in [9.17, 15) is 14.4 Å². The molecule has 0 radical (unpaired) electrons. The molecule has 2 aliphatic heterocycles. The number of methoxy groups -OCH3 is 2. The van der Waals surface area contributed by atoms with Crippen LogP contribution in [0.15, 0.2) is 52.4 Å². The number of hydrogen-bond acceptors (Lipinski definition) is 8. The van der Waals surface area contributed by atoms with Gasteiger partial charge in [-0.25, -0.2) is 9.89 Å². The summed E-state index contributed by atoms with van der Waals surface area (Å²) in [5, 5.41) is 6.33. The standard InChI is InChI=1S/C29H33N5O5S/c1-38-19-12-14-24(39-2)23(16-19)31-26(36)17-40-29-33-21-11-7-6-10-20(21)27-32-22(28(37)34(27)29)13-15-25(35)30-18-8-4-3-5-9-18/h6-7,10-12,14,16,18,22H,3-5,8-9,13,15,17H2,1-2H3,(H,30,35)(H,31,36). The predicted molar refractivity (Wildman–Crippen MR) is 156 cm³/mol. The molecule has 2 aromatic rings. The third kappa shape index (κ3) is 6.14. The van der Waals surface area contributed by atoms with Gasteiger partial charge in [0.2, 0.25) is 11.8 Å². The number of para-hydroxylation sites is 1. The van der Waals surface area contributed by atoms with Gasteiger partial charge in [-0.3, -0.25) is 19.4 Å². The number of anilines is 1. The molecule has 40 heavy (non-hydrogen) atoms. The van der Waals surface area contributed by atoms with E-state index in [2.05, 4.69) is 15.6 Å². The van der Waals surface area contributed by atoms with Crippen molar-refractivity contribution in [2.75, 3.05) is 25.3 Å². The number of nitrogens with zero attached hydrogens (tertiary/aromatic N) is 3. The molecule has 3 aliphatic rings. The number of thioether (sulfide) groups is 1. The van der Waals surface area contributed by atoms with Gasteiger partial charge in [0.25, 0.3) is 5.91 Å². The van der Waals surface area contributed by atoms with E-state index in [0.29, 0.717) is 40.3 Å². The molecule has 2 N–H and O–H groups in total. The molecule has 1 atom stereocenters. The van der Waals surface area contributed by atoms with E-state index in [-0.39, 0.29) is 35.9 Å². The van der Waals surface area contributed by atoms with Crippen molar-refractivity contribution in [2.24, 2.45) is 9.98 Å². The SMILES string of the molecule is COc1ccc(OC)c(NC(=O)CSC2=Nc3ccccc3C3=NC(CCC(=O)NC4CCCCC4)C(=O)N23)c1. The van der Waals surface area contributed by atoms with Gasteiger partial charge < -0.3 is 20.1 Å². The fourth-order valence-corrected chi connectivity index (χ4v) is 5.93. The lowest BCUT2D eigenvalue weighted by atomic mass is 9.95. The molecule has 210 valence electrons. The molecule has 0 saturated heterocycles. The summed E-state index contributed by atoms with van der Waals surface area (Å²) in [5.74, 6) is 1.02. The fraction of sp³-hybridized carbons (Fsp3) is 0.414. The maximum Gasteiger partial charge on any atom is 0.259 e. The molecule has 11 heteroatoms. The highest BCUT2D eigenvalue weighted by Crippen LogP contribution is 2.35. The first-order valence-corrected chi connectivity index (χ1v) is 14.5. The van der Waals surface area contributed by atoms with Gasteiger partial charge in [0.15, 0.2) is 5.17 Å². The molecule has 2 aromatic carbocycles. The van der Waals surface area contributed by atoms with Crippen LogP contribution in [0.5, 0.6) is 11.5 Å². The second kappa shape index (κ2) is 12.5. The van der Waals surface area contributed by atoms with Crippen LogP contribution in [-0.2, 0) is 14.4 Å². The minimum atomic E-state index is -0.682. The number of benzene rings is 2. The Bertz CT molecular complexity index is 1350. The minimum Gasteiger partial charge on any atom is -0.497 e. The third-order valence-corrected chi connectivity index (χ3v) is 8.11. The summed E-state index contributed by atoms with van der Waals surface area (Å²) in [7, 11) is 3.07. The molecule has 0 spiro atoms. The molecule has 2 heterocycles. The van der Waals surface area contributed by atoms with Crippen LogP contribution in [0.3, 0.4) is 0 Å². The maximum absolute atomic E-state index is 13.5. The van der Waals surface area contributed by atoms with E-state index in [1.807, 2.05) is 24.3 Å². The minimum absolute atomic E-state index is 0.00683. The Hall–Kier alpha value is -3.86. The molecule has 1 saturated carbocycles. The molecule has 5 rings (SSSR count). The van der Waals surface area contributed by atoms with Crippen molar-refractivity contribution in [1.82, 2.24) is 10.2 Å². The van der Waals surface area contributed by atoms with Crippen LogP contribution >= 0.6 is 11.8 Å². The van der Waals surface area contributed by atoms with E-state index >= 15 is 0 Å². The number of carbonyl (C=O) groups is 3. The molecule has 10 nitrogen and oxygen atoms in total. The molecule has 3 amide bonds. The van der Waals surface area contributed by atoms with Crippen LogP contribution in [0, 0.1) is 0 Å². The van der Waals surface area contributed by atoms with Gasteiger partial charge in [-0.05, 0) is 43.5 Å². The van der Waals surface area contributed by atoms with E-state index in [1.165, 1.54) is 18.4 Å². The molecule has 1 fully saturated rings. The first-order chi connectivity index (χ1) is 19.5. The number of rotatable bonds is 9. The maximum atomic E-state index is 13.5. The Morgan fingerprint density at radius 2 is 1.85 bits per heavy atom. The number of amides is 3. The summed E-state index contributed by atoms with van der Waals surface area (Å²) in [5.41, 5.74) is 1.91. The Kier molecular flexibility index (Phi) is 8.69. The number of aliphatic imine (C=N–C) groups is 2. The average molecular weight is 564 g/mol. The van der Waals surface area contributed by atoms with Crippen molar-refractivity contribution in [3.63, 3.8) is 0 Å². The Labute approximate surface area is 237 Å². The number of ether oxygens (including phenoxy) is 2. The summed E-state index contributed by atoms with van der Waals surface area (Å²) < 4.78 is 10.6. The van der Waals surface area contributed by atoms with Gasteiger partial charge in [-0.1, -0.05) is 43.2 Å². The second-order valence-electron chi connectivity index (χ2n) is 9.90. The topological polar surface area (TPSA) is 122 Å². The van der Waals surface area contributed by atoms with E-state index in [4.69, 9.17) is 14.5 Å². The molecule has 0 aromatic heterocycles. The number of carbonyl (C=O) groups excluding carboxylic acids is 3. The summed E-state index contributed by atoms with van der Waals surface area (Å²) >= 11 is 1.15. The van der Waals surface area contributed by atoms with Gasteiger partial charge in [0, 0.05) is 24.1 Å². The first kappa shape index (κ1) is 27.7. The zero-order valence-corrected chi connectivity index (χ0v) is 23.5. The van der Waals surface area contributed by atoms with E-state index in [0.717, 1.165) is 43.0 Å². The smallest absolute Gasteiger partial charge is 0.259 e. The van der Waals surface area contributed by atoms with Gasteiger partial charge in [0.1, 0.15) is 23.4 Å². The lowest BCUT2D eigenvalue weighted by Gasteiger charge is -2.25. The highest BCUT2D eigenvalue weighted by molar-refractivity contribution is 8.14. The number of fused-ring (bicyclic) bond motifs is 3. The van der Waals surface area contributed by atoms with E-state index in [1.54, 1.807) is 25.3 Å². The highest BCUT2D eigenvalue weighted by atomic mass is 32.2. The zero-order chi connectivity index (χ0) is 28.1. The summed E-state index contributed by atoms with van der Waals surface area (Å²) in [4.78, 5) is 49.9. The number of hydrogen-bond donors (Lipinski definition) is 2. The summed E-state index contributed by atoms with van der Waals surface area (Å²) in [6, 6.07) is 12.1. The zero-order valence-electron chi connectivity index (χ0n) is 22.6. The van der Waals surface area contributed by atoms with Crippen molar-refractivity contribution in [1.29, 1.82) is 0 Å². The van der Waals surface area contributed by atoms with Crippen molar-refractivity contribution >= 4 is 51.9 Å². The lowest BCUT2D eigenvalue weighted by Crippen LogP contribution is -2.42. The van der Waals surface area contributed by atoms with Crippen molar-refractivity contribution in [3.05, 3.63) is 48.0 Å². The monoisotopic (exact) mass is 563 g/mol. The van der Waals surface area contributed by atoms with Gasteiger partial charge >= 0.3 is 0 Å². The summed E-state index contributed by atoms with van der Waals surface area (Å²) in [6.07, 6.45) is 6.05. The van der Waals surface area contributed by atoms with Gasteiger partial charge in [-0.15, -0.1) is 0 Å². The van der Waals surface area contributed by atoms with Gasteiger partial charge in [0.05, 0.1) is 31.3 Å². The molecule has 1 unspecified atom stereocenters. The third-order valence-electron chi connectivity index (χ3n) is 7.18. The highest BCUT2D eigenvalue weighted by Gasteiger charge is 2.41. The van der Waals surface area contributed by atoms with Crippen molar-refractivity contribution in [3.8, 4) is 11.5 Å². The molecule has 1 aliphatic carbocycles. The Morgan fingerprint density at radius 3 is 2.62 bits per heavy atom. The number of amidine groups is 2. The largest absolute Gasteiger partial charge is 0.497 e. The van der Waals surface area contributed by atoms with Crippen LogP contribution in [0.25, 0.3) is 0 Å². The first-order valence-electron chi connectivity index (χ1n) is 13.5. The summed E-state index contributed by atoms with van der Waals surface area (Å²) in [6.45, 7) is 0. The van der Waals surface area contributed by atoms with Crippen LogP contribution in [0.4, 0.5) is 11.4 Å². The van der Waals surface area contributed by atoms with Crippen LogP contribution in [-0.4, -0.2) is 65.7 Å². The van der Waals surface area contributed by atoms with Gasteiger partial charge in [-0.2, -0.15) is 0 Å². The Morgan fingerprint density at radius 1 is 1.05 bits per heavy atom. The fourth-order valence-electron chi connectivity index (χ4n) is 5.13. The Balaban J connectivity index is 1.26. The van der Waals surface area contributed by atoms with Crippen molar-refractivity contribution in [2.45, 2.75) is 57.0 Å². The quantitative estimate of drug-likeness (QED) is 0.470. The lowest BCUT2D eigenvalue weighted by molar-refractivity contribution is -0.125. The van der Waals surface area contributed by atoms with Crippen LogP contribution in [0.2, 0.25) is 0 Å². The van der Waals surface area contributed by atoms with Crippen LogP contribution in [0.1, 0.15) is 50.5 Å². The average Bonchev–Trinajstić information content (AvgIpc) is 3.31. The second-order valence-corrected chi connectivity index (χ2v) is 10.8. The normalized spacial score (nSPS) is 18.3. The molecule has 0 bridgehead atoms.